The molecule has 0 radical (unpaired) electrons. The molecule has 0 aliphatic carbocycles. The van der Waals surface area contributed by atoms with E-state index >= 15 is 0 Å². The number of ether oxygens (including phenoxy) is 1. The van der Waals surface area contributed by atoms with Gasteiger partial charge in [-0.2, -0.15) is 0 Å². The Hall–Kier alpha value is -2.84. The van der Waals surface area contributed by atoms with E-state index in [0.717, 1.165) is 16.7 Å². The third kappa shape index (κ3) is 1.90. The molecule has 1 aliphatic heterocycles. The first-order valence-electron chi connectivity index (χ1n) is 5.69. The van der Waals surface area contributed by atoms with Gasteiger partial charge < -0.3 is 10.3 Å². The number of rotatable bonds is 2. The number of fused-ring (bicyclic) bond motifs is 1. The third-order valence-electron chi connectivity index (χ3n) is 2.97. The Kier molecular flexibility index (Phi) is 2.63. The van der Waals surface area contributed by atoms with Gasteiger partial charge in [0.25, 0.3) is 0 Å². The van der Waals surface area contributed by atoms with Crippen molar-refractivity contribution in [1.29, 1.82) is 0 Å². The average molecular weight is 252 g/mol. The van der Waals surface area contributed by atoms with Crippen molar-refractivity contribution in [3.05, 3.63) is 53.8 Å². The summed E-state index contributed by atoms with van der Waals surface area (Å²) in [5.74, 6) is 0.839. The van der Waals surface area contributed by atoms with Gasteiger partial charge in [-0.25, -0.2) is 0 Å². The van der Waals surface area contributed by atoms with Gasteiger partial charge in [-0.05, 0) is 42.0 Å². The fourth-order valence-corrected chi connectivity index (χ4v) is 2.08. The third-order valence-corrected chi connectivity index (χ3v) is 2.97. The molecule has 0 bridgehead atoms. The van der Waals surface area contributed by atoms with E-state index in [4.69, 9.17) is 9.94 Å². The minimum absolute atomic E-state index is 0.225. The maximum atomic E-state index is 9.32. The summed E-state index contributed by atoms with van der Waals surface area (Å²) in [5.41, 5.74) is 3.49. The smallest absolute Gasteiger partial charge is 0.309 e. The van der Waals surface area contributed by atoms with Gasteiger partial charge in [0.05, 0.1) is 11.8 Å². The van der Waals surface area contributed by atoms with E-state index in [1.807, 2.05) is 24.3 Å². The van der Waals surface area contributed by atoms with Crippen LogP contribution in [0.25, 0.3) is 17.2 Å². The van der Waals surface area contributed by atoms with Crippen LogP contribution in [0, 0.1) is 6.26 Å². The van der Waals surface area contributed by atoms with Crippen LogP contribution in [-0.2, 0) is 0 Å². The second kappa shape index (κ2) is 4.44. The molecule has 92 valence electrons. The summed E-state index contributed by atoms with van der Waals surface area (Å²) < 4.78 is 5.31. The lowest BCUT2D eigenvalue weighted by molar-refractivity contribution is 0.321. The number of phenols is 1. The Balaban J connectivity index is 2.16. The molecule has 3 rings (SSSR count). The number of phenolic OH excluding ortho intramolecular Hbond substituents is 1. The van der Waals surface area contributed by atoms with Crippen LogP contribution in [0.1, 0.15) is 11.1 Å². The lowest BCUT2D eigenvalue weighted by Gasteiger charge is -2.02. The molecule has 0 fully saturated rings. The molecule has 1 aliphatic rings. The van der Waals surface area contributed by atoms with Crippen molar-refractivity contribution in [3.63, 3.8) is 0 Å². The molecule has 0 atom stereocenters. The highest BCUT2D eigenvalue weighted by molar-refractivity contribution is 5.91. The quantitative estimate of drug-likeness (QED) is 0.374. The summed E-state index contributed by atoms with van der Waals surface area (Å²) in [4.78, 5) is 0. The van der Waals surface area contributed by atoms with Gasteiger partial charge in [0, 0.05) is 0 Å². The minimum Gasteiger partial charge on any atom is -0.508 e. The van der Waals surface area contributed by atoms with Gasteiger partial charge in [0.2, 0.25) is 6.26 Å². The van der Waals surface area contributed by atoms with Crippen LogP contribution in [0.5, 0.6) is 11.5 Å². The van der Waals surface area contributed by atoms with Crippen LogP contribution in [0.3, 0.4) is 0 Å². The number of aromatic hydroxyl groups is 1. The number of hydrogen-bond acceptors (Lipinski definition) is 4. The molecule has 4 heteroatoms. The zero-order valence-corrected chi connectivity index (χ0v) is 9.87. The molecule has 1 heterocycles. The highest BCUT2D eigenvalue weighted by Crippen LogP contribution is 2.37. The molecule has 0 saturated heterocycles. The fraction of sp³-hybridized carbons (Fsp3) is 0. The predicted octanol–water partition coefficient (Wildman–Crippen LogP) is 3.03. The highest BCUT2D eigenvalue weighted by atomic mass is 16.5. The SMILES string of the molecule is O/N=C/c1ccc(-c2ccc(O)cc2)c2c1O[C+]=C2. The number of oxime groups is 1. The lowest BCUT2D eigenvalue weighted by atomic mass is 9.97. The number of hydrogen-bond donors (Lipinski definition) is 2. The molecular weight excluding hydrogens is 242 g/mol. The van der Waals surface area contributed by atoms with Crippen LogP contribution >= 0.6 is 0 Å². The monoisotopic (exact) mass is 252 g/mol. The molecule has 19 heavy (non-hydrogen) atoms. The predicted molar refractivity (Wildman–Crippen MR) is 71.3 cm³/mol. The topological polar surface area (TPSA) is 62.1 Å². The van der Waals surface area contributed by atoms with E-state index in [1.54, 1.807) is 18.2 Å². The Labute approximate surface area is 109 Å². The van der Waals surface area contributed by atoms with E-state index in [9.17, 15) is 5.11 Å². The Morgan fingerprint density at radius 2 is 1.89 bits per heavy atom. The number of benzene rings is 2. The van der Waals surface area contributed by atoms with Gasteiger partial charge in [-0.1, -0.05) is 5.16 Å². The van der Waals surface area contributed by atoms with E-state index < -0.39 is 0 Å². The molecule has 0 spiro atoms. The van der Waals surface area contributed by atoms with E-state index in [1.165, 1.54) is 6.21 Å². The molecule has 0 unspecified atom stereocenters. The summed E-state index contributed by atoms with van der Waals surface area (Å²) in [7, 11) is 0. The summed E-state index contributed by atoms with van der Waals surface area (Å²) >= 11 is 0. The lowest BCUT2D eigenvalue weighted by Crippen LogP contribution is -1.91. The van der Waals surface area contributed by atoms with Crippen LogP contribution in [0.4, 0.5) is 0 Å². The van der Waals surface area contributed by atoms with E-state index in [0.29, 0.717) is 11.3 Å². The van der Waals surface area contributed by atoms with Crippen molar-refractivity contribution >= 4 is 12.3 Å². The van der Waals surface area contributed by atoms with Gasteiger partial charge in [-0.15, -0.1) is 0 Å². The number of nitrogens with zero attached hydrogens (tertiary/aromatic N) is 1. The standard InChI is InChI=1S/C15H9NO3/c17-12-4-1-10(2-5-12)13-6-3-11(9-16-18)15-14(13)7-8-19-15/h1-7,9H,(H-,16,17,18)/p+1. The van der Waals surface area contributed by atoms with Crippen LogP contribution in [0.15, 0.2) is 41.6 Å². The minimum atomic E-state index is 0.225. The molecule has 0 amide bonds. The fourth-order valence-electron chi connectivity index (χ4n) is 2.08. The van der Waals surface area contributed by atoms with Gasteiger partial charge in [-0.3, -0.25) is 4.74 Å². The maximum Gasteiger partial charge on any atom is 0.309 e. The van der Waals surface area contributed by atoms with Gasteiger partial charge in [0.15, 0.2) is 11.6 Å². The summed E-state index contributed by atoms with van der Waals surface area (Å²) in [6, 6.07) is 10.6. The van der Waals surface area contributed by atoms with Crippen LogP contribution in [0.2, 0.25) is 0 Å². The Morgan fingerprint density at radius 3 is 2.63 bits per heavy atom. The van der Waals surface area contributed by atoms with Crippen molar-refractivity contribution in [2.24, 2.45) is 5.16 Å². The zero-order valence-electron chi connectivity index (χ0n) is 9.87. The Bertz CT molecular complexity index is 673. The van der Waals surface area contributed by atoms with Crippen LogP contribution in [-0.4, -0.2) is 16.5 Å². The second-order valence-corrected chi connectivity index (χ2v) is 4.10. The first-order chi connectivity index (χ1) is 9.29. The van der Waals surface area contributed by atoms with Crippen molar-refractivity contribution < 1.29 is 15.1 Å². The zero-order chi connectivity index (χ0) is 13.2. The molecule has 2 aromatic carbocycles. The van der Waals surface area contributed by atoms with Crippen molar-refractivity contribution in [2.45, 2.75) is 0 Å². The van der Waals surface area contributed by atoms with Gasteiger partial charge in [0.1, 0.15) is 11.3 Å². The maximum absolute atomic E-state index is 9.32. The molecule has 4 nitrogen and oxygen atoms in total. The normalized spacial score (nSPS) is 12.2. The van der Waals surface area contributed by atoms with E-state index in [-0.39, 0.29) is 5.75 Å². The summed E-state index contributed by atoms with van der Waals surface area (Å²) in [6.45, 7) is 0. The van der Waals surface area contributed by atoms with Crippen molar-refractivity contribution in [2.75, 3.05) is 0 Å². The van der Waals surface area contributed by atoms with Crippen LogP contribution < -0.4 is 4.74 Å². The highest BCUT2D eigenvalue weighted by Gasteiger charge is 2.28. The molecular formula is C15H10NO3+. The molecule has 2 N–H and O–H groups in total. The van der Waals surface area contributed by atoms with Gasteiger partial charge >= 0.3 is 5.75 Å². The average Bonchev–Trinajstić information content (AvgIpc) is 2.90. The molecule has 2 aromatic rings. The molecule has 0 aromatic heterocycles. The summed E-state index contributed by atoms with van der Waals surface area (Å²) in [6.07, 6.45) is 5.75. The molecule has 0 saturated carbocycles. The largest absolute Gasteiger partial charge is 0.508 e. The second-order valence-electron chi connectivity index (χ2n) is 4.10. The Morgan fingerprint density at radius 1 is 1.11 bits per heavy atom. The van der Waals surface area contributed by atoms with E-state index in [2.05, 4.69) is 11.4 Å². The first kappa shape index (κ1) is 11.3. The summed E-state index contributed by atoms with van der Waals surface area (Å²) in [5, 5.41) is 21.0. The first-order valence-corrected chi connectivity index (χ1v) is 5.69. The van der Waals surface area contributed by atoms with Crippen molar-refractivity contribution in [3.8, 4) is 22.6 Å². The van der Waals surface area contributed by atoms with Crippen molar-refractivity contribution in [1.82, 2.24) is 0 Å².